The number of anilines is 16. The summed E-state index contributed by atoms with van der Waals surface area (Å²) < 4.78 is 11.4. The second kappa shape index (κ2) is 29.0. The Morgan fingerprint density at radius 1 is 0.219 bits per heavy atom. The van der Waals surface area contributed by atoms with Gasteiger partial charge in [-0.1, -0.05) is 231 Å². The van der Waals surface area contributed by atoms with Crippen LogP contribution in [0.15, 0.2) is 423 Å². The SMILES string of the molecule is c1ccc(N2B3c4ccccc4-c4ccsc4N3c3ccccc32)cc1.c1ccc2c(c1)B1N(c3ccc4oc5ccccc5c4c3)c3ccccc3N1c1cccnc1-2.c1ccc2c(c1)B1N(c3ccc4sc5ccccc5c4c3)c3ccccc3N1c1cccnc1-2.c1ccc2c(c1)B1N(c3ccccc3N1c1cccc3c1sc1ccccc13)c1cccnc1-2. The van der Waals surface area contributed by atoms with E-state index < -0.39 is 0 Å². The standard InChI is InChI=1S/C29H18BN3O.2C29H18BN3S.C22H15BN2S/c1-3-10-23-21(9-1)29-26(13-7-17-31-29)33-25-12-5-4-11-24(25)32(30(23)33)19-15-16-28-22(18-19)20-8-2-6-14-27(20)34-28;1-3-12-22-21(10-1)28-25(16-8-18-31-28)32-23-13-4-5-14-24(23)33(30(22)32)26-15-7-11-20-19-9-2-6-17-27(19)34-29(20)26;1-3-10-23-21(9-1)29-26(13-7-17-31-29)33-25-12-5-4-11-24(25)32(30(23)33)19-15-16-28-22(18-19)20-8-2-6-14-27(20)34-28;1-2-8-16(9-3-1)24-20-12-6-7-13-21(20)25-22-18(14-15-26-22)17-10-4-5-11-19(17)23(24)25/h3*1-18H;1-15H. The molecule has 0 fully saturated rings. The molecule has 0 radical (unpaired) electrons. The molecule has 8 aliphatic heterocycles. The zero-order chi connectivity index (χ0) is 83.8. The lowest BCUT2D eigenvalue weighted by molar-refractivity contribution is 0.669. The average molecular weight is 1690 g/mol. The maximum Gasteiger partial charge on any atom is 0.422 e. The number of nitrogens with zero attached hydrogens (tertiary/aromatic N) is 11. The van der Waals surface area contributed by atoms with Gasteiger partial charge in [-0.15, -0.1) is 34.0 Å². The molecule has 15 heterocycles. The highest BCUT2D eigenvalue weighted by molar-refractivity contribution is 7.26. The Balaban J connectivity index is 0.0000000887. The molecule has 0 amide bonds. The fourth-order valence-electron chi connectivity index (χ4n) is 21.3. The summed E-state index contributed by atoms with van der Waals surface area (Å²) in [6, 6.07) is 141. The number of aromatic nitrogens is 3. The largest absolute Gasteiger partial charge is 0.456 e. The van der Waals surface area contributed by atoms with E-state index >= 15 is 0 Å². The second-order valence-electron chi connectivity index (χ2n) is 33.2. The molecular formula is C109H69B4N11OS3. The first-order chi connectivity index (χ1) is 63.6. The van der Waals surface area contributed by atoms with Crippen LogP contribution in [0, 0.1) is 0 Å². The number of furan rings is 1. The average Bonchev–Trinajstić information content (AvgIpc) is 1.57. The Hall–Kier alpha value is -15.7. The van der Waals surface area contributed by atoms with Crippen molar-refractivity contribution < 1.29 is 4.42 Å². The van der Waals surface area contributed by atoms with Crippen LogP contribution in [0.3, 0.4) is 0 Å². The van der Waals surface area contributed by atoms with Gasteiger partial charge in [-0.05, 0) is 197 Å². The lowest BCUT2D eigenvalue weighted by Crippen LogP contribution is -2.55. The maximum atomic E-state index is 6.11. The van der Waals surface area contributed by atoms with E-state index in [1.54, 1.807) is 0 Å². The van der Waals surface area contributed by atoms with Crippen molar-refractivity contribution in [2.75, 3.05) is 38.5 Å². The van der Waals surface area contributed by atoms with E-state index in [4.69, 9.17) is 19.4 Å². The summed E-state index contributed by atoms with van der Waals surface area (Å²) in [6.07, 6.45) is 5.67. The number of fused-ring (bicyclic) bond motifs is 41. The van der Waals surface area contributed by atoms with E-state index in [0.717, 1.165) is 61.8 Å². The highest BCUT2D eigenvalue weighted by Gasteiger charge is 2.53. The van der Waals surface area contributed by atoms with Gasteiger partial charge in [0.15, 0.2) is 0 Å². The van der Waals surface area contributed by atoms with Crippen LogP contribution in [-0.4, -0.2) is 42.9 Å². The summed E-state index contributed by atoms with van der Waals surface area (Å²) in [5.74, 6) is 0. The van der Waals surface area contributed by atoms with Gasteiger partial charge in [0.05, 0.1) is 89.3 Å². The van der Waals surface area contributed by atoms with Crippen molar-refractivity contribution in [2.45, 2.75) is 0 Å². The van der Waals surface area contributed by atoms with Gasteiger partial charge in [0.2, 0.25) is 0 Å². The van der Waals surface area contributed by atoms with Gasteiger partial charge in [-0.25, -0.2) is 0 Å². The minimum Gasteiger partial charge on any atom is -0.456 e. The summed E-state index contributed by atoms with van der Waals surface area (Å²) in [4.78, 5) is 34.2. The van der Waals surface area contributed by atoms with Gasteiger partial charge in [0.1, 0.15) is 11.2 Å². The highest BCUT2D eigenvalue weighted by atomic mass is 32.1. The number of hydrogen-bond acceptors (Lipinski definition) is 15. The van der Waals surface area contributed by atoms with Crippen molar-refractivity contribution in [3.63, 3.8) is 0 Å². The normalized spacial score (nSPS) is 13.8. The van der Waals surface area contributed by atoms with Crippen LogP contribution in [0.1, 0.15) is 0 Å². The van der Waals surface area contributed by atoms with E-state index in [1.807, 2.05) is 82.9 Å². The maximum absolute atomic E-state index is 6.11. The van der Waals surface area contributed by atoms with Crippen molar-refractivity contribution in [1.29, 1.82) is 0 Å². The van der Waals surface area contributed by atoms with Gasteiger partial charge in [0.25, 0.3) is 0 Å². The quantitative estimate of drug-likeness (QED) is 0.158. The van der Waals surface area contributed by atoms with Crippen LogP contribution in [-0.2, 0) is 0 Å². The number of para-hydroxylation sites is 10. The predicted molar refractivity (Wildman–Crippen MR) is 542 cm³/mol. The third kappa shape index (κ3) is 10.9. The molecule has 0 saturated carbocycles. The number of rotatable bonds is 4. The first kappa shape index (κ1) is 72.8. The van der Waals surface area contributed by atoms with Crippen LogP contribution in [0.25, 0.3) is 107 Å². The number of thiophene rings is 3. The number of pyridine rings is 3. The fraction of sp³-hybridized carbons (Fsp3) is 0. The molecule has 0 bridgehead atoms. The van der Waals surface area contributed by atoms with Crippen molar-refractivity contribution in [1.82, 2.24) is 15.0 Å². The zero-order valence-electron chi connectivity index (χ0n) is 68.7. The van der Waals surface area contributed by atoms with Gasteiger partial charge in [0, 0.05) is 110 Å². The Morgan fingerprint density at radius 3 is 1.12 bits per heavy atom. The van der Waals surface area contributed by atoms with Crippen molar-refractivity contribution in [3.8, 4) is 44.9 Å². The Labute approximate surface area is 751 Å². The number of hydrogen-bond donors (Lipinski definition) is 0. The van der Waals surface area contributed by atoms with Gasteiger partial charge < -0.3 is 42.9 Å². The molecule has 15 aromatic carbocycles. The molecule has 0 spiro atoms. The summed E-state index contributed by atoms with van der Waals surface area (Å²) in [5, 5.41) is 11.1. The Kier molecular flexibility index (Phi) is 16.5. The van der Waals surface area contributed by atoms with Crippen LogP contribution in [0.2, 0.25) is 0 Å². The van der Waals surface area contributed by atoms with E-state index in [0.29, 0.717) is 0 Å². The van der Waals surface area contributed by atoms with E-state index in [2.05, 4.69) is 408 Å². The topological polar surface area (TPSA) is 77.7 Å². The van der Waals surface area contributed by atoms with Gasteiger partial charge in [-0.3, -0.25) is 15.0 Å². The molecule has 12 nitrogen and oxygen atoms in total. The zero-order valence-corrected chi connectivity index (χ0v) is 71.1. The molecule has 19 heteroatoms. The third-order valence-corrected chi connectivity index (χ3v) is 29.8. The molecule has 30 rings (SSSR count). The van der Waals surface area contributed by atoms with Crippen molar-refractivity contribution >= 4 is 236 Å². The van der Waals surface area contributed by atoms with Gasteiger partial charge >= 0.3 is 27.9 Å². The molecule has 128 heavy (non-hydrogen) atoms. The lowest BCUT2D eigenvalue weighted by atomic mass is 9.60. The molecule has 596 valence electrons. The molecule has 0 aliphatic carbocycles. The Morgan fingerprint density at radius 2 is 0.578 bits per heavy atom. The van der Waals surface area contributed by atoms with Crippen molar-refractivity contribution in [2.24, 2.45) is 0 Å². The van der Waals surface area contributed by atoms with Crippen molar-refractivity contribution in [3.05, 3.63) is 418 Å². The molecule has 0 N–H and O–H groups in total. The highest BCUT2D eigenvalue weighted by Crippen LogP contribution is 2.58. The first-order valence-electron chi connectivity index (χ1n) is 43.4. The Bertz CT molecular complexity index is 8030. The van der Waals surface area contributed by atoms with Gasteiger partial charge in [-0.2, -0.15) is 0 Å². The van der Waals surface area contributed by atoms with Crippen LogP contribution >= 0.6 is 34.0 Å². The van der Waals surface area contributed by atoms with Crippen LogP contribution in [0.5, 0.6) is 0 Å². The molecule has 0 unspecified atom stereocenters. The second-order valence-corrected chi connectivity index (χ2v) is 36.2. The molecule has 0 saturated heterocycles. The molecular weight excluding hydrogens is 1620 g/mol. The molecule has 22 aromatic rings. The summed E-state index contributed by atoms with van der Waals surface area (Å²) >= 11 is 5.57. The molecule has 8 aliphatic rings. The smallest absolute Gasteiger partial charge is 0.422 e. The van der Waals surface area contributed by atoms with Crippen LogP contribution in [0.4, 0.5) is 90.3 Å². The summed E-state index contributed by atoms with van der Waals surface area (Å²) in [7, 11) is 0. The minimum absolute atomic E-state index is 0.000847. The molecule has 7 aromatic heterocycles. The monoisotopic (exact) mass is 1690 g/mol. The van der Waals surface area contributed by atoms with E-state index in [1.165, 1.54) is 158 Å². The van der Waals surface area contributed by atoms with E-state index in [-0.39, 0.29) is 27.9 Å². The fourth-order valence-corrected chi connectivity index (χ4v) is 24.6. The van der Waals surface area contributed by atoms with E-state index in [9.17, 15) is 0 Å². The summed E-state index contributed by atoms with van der Waals surface area (Å²) in [6.45, 7) is 0.215. The first-order valence-corrected chi connectivity index (χ1v) is 45.9. The predicted octanol–water partition coefficient (Wildman–Crippen LogP) is 26.3. The lowest BCUT2D eigenvalue weighted by Gasteiger charge is -2.35. The van der Waals surface area contributed by atoms with Crippen LogP contribution < -0.4 is 60.3 Å². The number of benzene rings is 15. The third-order valence-electron chi connectivity index (χ3n) is 26.5. The molecule has 0 atom stereocenters. The minimum atomic E-state index is 0.000847. The summed E-state index contributed by atoms with van der Waals surface area (Å²) in [5.41, 5.74) is 34.5.